The van der Waals surface area contributed by atoms with Gasteiger partial charge in [0.15, 0.2) is 0 Å². The molecule has 3 rings (SSSR count). The molecule has 0 saturated heterocycles. The van der Waals surface area contributed by atoms with Crippen LogP contribution >= 0.6 is 11.3 Å². The zero-order valence-electron chi connectivity index (χ0n) is 10.6. The number of nitrogens with one attached hydrogen (secondary N) is 1. The van der Waals surface area contributed by atoms with Gasteiger partial charge >= 0.3 is 5.97 Å². The van der Waals surface area contributed by atoms with Crippen molar-refractivity contribution in [3.63, 3.8) is 0 Å². The maximum atomic E-state index is 12.0. The van der Waals surface area contributed by atoms with Gasteiger partial charge in [0.25, 0.3) is 0 Å². The third kappa shape index (κ3) is 2.63. The maximum Gasteiger partial charge on any atom is 0.307 e. The Kier molecular flexibility index (Phi) is 3.05. The fourth-order valence-electron chi connectivity index (χ4n) is 2.34. The average molecular weight is 280 g/mol. The Morgan fingerprint density at radius 2 is 2.21 bits per heavy atom. The Bertz CT molecular complexity index is 524. The summed E-state index contributed by atoms with van der Waals surface area (Å²) in [6.07, 6.45) is 4.50. The minimum Gasteiger partial charge on any atom is -0.481 e. The number of carbonyl (C=O) groups excluding carboxylic acids is 1. The Balaban J connectivity index is 1.66. The van der Waals surface area contributed by atoms with Gasteiger partial charge in [-0.25, -0.2) is 4.98 Å². The number of carbonyl (C=O) groups is 2. The van der Waals surface area contributed by atoms with Crippen LogP contribution in [0, 0.1) is 24.7 Å². The molecule has 0 radical (unpaired) electrons. The van der Waals surface area contributed by atoms with Gasteiger partial charge in [-0.2, -0.15) is 0 Å². The number of carboxylic acid groups (broad SMARTS) is 1. The molecule has 1 aromatic heterocycles. The summed E-state index contributed by atoms with van der Waals surface area (Å²) in [4.78, 5) is 28.3. The van der Waals surface area contributed by atoms with Crippen molar-refractivity contribution in [1.29, 1.82) is 0 Å². The number of thiazole rings is 1. The van der Waals surface area contributed by atoms with E-state index in [2.05, 4.69) is 10.3 Å². The third-order valence-corrected chi connectivity index (χ3v) is 4.74. The lowest BCUT2D eigenvalue weighted by Crippen LogP contribution is -2.31. The molecule has 0 bridgehead atoms. The summed E-state index contributed by atoms with van der Waals surface area (Å²) in [6, 6.07) is -0.0266. The Labute approximate surface area is 115 Å². The molecule has 2 fully saturated rings. The summed E-state index contributed by atoms with van der Waals surface area (Å²) in [5.74, 6) is -1.36. The number of carboxylic acids is 1. The lowest BCUT2D eigenvalue weighted by Gasteiger charge is -2.15. The van der Waals surface area contributed by atoms with E-state index in [1.165, 1.54) is 0 Å². The molecule has 2 aliphatic rings. The SMILES string of the molecule is Cc1cnc([C@H](NC(=O)[C@H]2C[C@@H]2C(=O)O)C2CC2)s1. The first kappa shape index (κ1) is 12.6. The Morgan fingerprint density at radius 1 is 1.47 bits per heavy atom. The molecule has 1 heterocycles. The lowest BCUT2D eigenvalue weighted by molar-refractivity contribution is -0.140. The summed E-state index contributed by atoms with van der Waals surface area (Å²) >= 11 is 1.60. The van der Waals surface area contributed by atoms with Crippen molar-refractivity contribution in [1.82, 2.24) is 10.3 Å². The van der Waals surface area contributed by atoms with Crippen molar-refractivity contribution in [2.45, 2.75) is 32.2 Å². The van der Waals surface area contributed by atoms with E-state index in [0.29, 0.717) is 12.3 Å². The molecule has 3 atom stereocenters. The molecule has 0 aliphatic heterocycles. The van der Waals surface area contributed by atoms with Crippen molar-refractivity contribution in [3.05, 3.63) is 16.1 Å². The van der Waals surface area contributed by atoms with Crippen LogP contribution in [-0.4, -0.2) is 22.0 Å². The lowest BCUT2D eigenvalue weighted by atomic mass is 10.2. The van der Waals surface area contributed by atoms with E-state index < -0.39 is 11.9 Å². The van der Waals surface area contributed by atoms with Gasteiger partial charge < -0.3 is 10.4 Å². The topological polar surface area (TPSA) is 79.3 Å². The fraction of sp³-hybridized carbons (Fsp3) is 0.615. The highest BCUT2D eigenvalue weighted by molar-refractivity contribution is 7.11. The van der Waals surface area contributed by atoms with Crippen molar-refractivity contribution in [3.8, 4) is 0 Å². The average Bonchev–Trinajstić information content (AvgIpc) is 3.23. The summed E-state index contributed by atoms with van der Waals surface area (Å²) in [6.45, 7) is 1.99. The quantitative estimate of drug-likeness (QED) is 0.861. The number of amides is 1. The molecule has 1 aromatic rings. The standard InChI is InChI=1S/C13H16N2O3S/c1-6-5-14-12(19-6)10(7-2-3-7)15-11(16)8-4-9(8)13(17)18/h5,7-10H,2-4H2,1H3,(H,15,16)(H,17,18)/t8-,9-,10+/m0/s1. The van der Waals surface area contributed by atoms with Crippen LogP contribution < -0.4 is 5.32 Å². The Morgan fingerprint density at radius 3 is 2.68 bits per heavy atom. The third-order valence-electron chi connectivity index (χ3n) is 3.74. The molecule has 102 valence electrons. The van der Waals surface area contributed by atoms with Crippen molar-refractivity contribution in [2.24, 2.45) is 17.8 Å². The first-order chi connectivity index (χ1) is 9.06. The molecule has 2 aliphatic carbocycles. The number of rotatable bonds is 5. The Hall–Kier alpha value is -1.43. The van der Waals surface area contributed by atoms with Crippen LogP contribution in [0.15, 0.2) is 6.20 Å². The van der Waals surface area contributed by atoms with Gasteiger partial charge in [0.2, 0.25) is 5.91 Å². The summed E-state index contributed by atoms with van der Waals surface area (Å²) in [5, 5.41) is 12.8. The van der Waals surface area contributed by atoms with Crippen molar-refractivity contribution in [2.75, 3.05) is 0 Å². The van der Waals surface area contributed by atoms with Gasteiger partial charge in [-0.1, -0.05) is 0 Å². The largest absolute Gasteiger partial charge is 0.481 e. The molecule has 0 aromatic carbocycles. The van der Waals surface area contributed by atoms with Crippen LogP contribution in [0.1, 0.15) is 35.2 Å². The van der Waals surface area contributed by atoms with E-state index >= 15 is 0 Å². The first-order valence-corrected chi connectivity index (χ1v) is 7.33. The molecule has 19 heavy (non-hydrogen) atoms. The second-order valence-corrected chi connectivity index (χ2v) is 6.69. The van der Waals surface area contributed by atoms with Gasteiger partial charge in [-0.3, -0.25) is 9.59 Å². The normalized spacial score (nSPS) is 26.8. The second-order valence-electron chi connectivity index (χ2n) is 5.42. The van der Waals surface area contributed by atoms with Gasteiger partial charge in [-0.05, 0) is 32.1 Å². The monoisotopic (exact) mass is 280 g/mol. The van der Waals surface area contributed by atoms with Crippen LogP contribution in [0.5, 0.6) is 0 Å². The number of aryl methyl sites for hydroxylation is 1. The zero-order chi connectivity index (χ0) is 13.6. The summed E-state index contributed by atoms with van der Waals surface area (Å²) < 4.78 is 0. The minimum absolute atomic E-state index is 0.0266. The number of hydrogen-bond acceptors (Lipinski definition) is 4. The van der Waals surface area contributed by atoms with E-state index in [9.17, 15) is 9.59 Å². The predicted molar refractivity (Wildman–Crippen MR) is 69.7 cm³/mol. The molecule has 6 heteroatoms. The molecule has 2 saturated carbocycles. The molecule has 0 spiro atoms. The highest BCUT2D eigenvalue weighted by Gasteiger charge is 2.49. The smallest absolute Gasteiger partial charge is 0.307 e. The molecule has 1 amide bonds. The molecule has 5 nitrogen and oxygen atoms in total. The van der Waals surface area contributed by atoms with Crippen LogP contribution in [0.2, 0.25) is 0 Å². The highest BCUT2D eigenvalue weighted by atomic mass is 32.1. The van der Waals surface area contributed by atoms with Crippen molar-refractivity contribution < 1.29 is 14.7 Å². The zero-order valence-corrected chi connectivity index (χ0v) is 11.4. The fourth-order valence-corrected chi connectivity index (χ4v) is 3.26. The first-order valence-electron chi connectivity index (χ1n) is 6.51. The summed E-state index contributed by atoms with van der Waals surface area (Å²) in [5.41, 5.74) is 0. The number of aromatic nitrogens is 1. The van der Waals surface area contributed by atoms with Gasteiger partial charge in [0.05, 0.1) is 17.9 Å². The number of hydrogen-bond donors (Lipinski definition) is 2. The van der Waals surface area contributed by atoms with E-state index in [4.69, 9.17) is 5.11 Å². The van der Waals surface area contributed by atoms with E-state index in [-0.39, 0.29) is 17.9 Å². The van der Waals surface area contributed by atoms with Crippen molar-refractivity contribution >= 4 is 23.2 Å². The van der Waals surface area contributed by atoms with Gasteiger partial charge in [0, 0.05) is 11.1 Å². The van der Waals surface area contributed by atoms with Gasteiger partial charge in [0.1, 0.15) is 5.01 Å². The molecule has 0 unspecified atom stereocenters. The van der Waals surface area contributed by atoms with Gasteiger partial charge in [-0.15, -0.1) is 11.3 Å². The van der Waals surface area contributed by atoms with E-state index in [1.807, 2.05) is 13.1 Å². The molecular weight excluding hydrogens is 264 g/mol. The van der Waals surface area contributed by atoms with E-state index in [1.54, 1.807) is 11.3 Å². The highest BCUT2D eigenvalue weighted by Crippen LogP contribution is 2.44. The summed E-state index contributed by atoms with van der Waals surface area (Å²) in [7, 11) is 0. The van der Waals surface area contributed by atoms with Crippen LogP contribution in [0.3, 0.4) is 0 Å². The van der Waals surface area contributed by atoms with Crippen LogP contribution in [0.4, 0.5) is 0 Å². The number of aliphatic carboxylic acids is 1. The second kappa shape index (κ2) is 4.59. The maximum absolute atomic E-state index is 12.0. The molecular formula is C13H16N2O3S. The predicted octanol–water partition coefficient (Wildman–Crippen LogP) is 1.74. The minimum atomic E-state index is -0.867. The van der Waals surface area contributed by atoms with Crippen LogP contribution in [-0.2, 0) is 9.59 Å². The van der Waals surface area contributed by atoms with E-state index in [0.717, 1.165) is 22.7 Å². The molecule has 2 N–H and O–H groups in total. The van der Waals surface area contributed by atoms with Crippen LogP contribution in [0.25, 0.3) is 0 Å². The number of nitrogens with zero attached hydrogens (tertiary/aromatic N) is 1.